The molecule has 2 rings (SSSR count). The number of nitrogens with two attached hydrogens (primary N) is 1. The van der Waals surface area contributed by atoms with E-state index < -0.39 is 5.82 Å². The maximum absolute atomic E-state index is 13.8. The molecule has 0 spiro atoms. The summed E-state index contributed by atoms with van der Waals surface area (Å²) >= 11 is 5.71. The first-order valence-electron chi connectivity index (χ1n) is 5.54. The highest BCUT2D eigenvalue weighted by Gasteiger charge is 2.38. The lowest BCUT2D eigenvalue weighted by Crippen LogP contribution is -2.33. The van der Waals surface area contributed by atoms with Gasteiger partial charge in [-0.15, -0.1) is 0 Å². The predicted octanol–water partition coefficient (Wildman–Crippen LogP) is 2.10. The Morgan fingerprint density at radius 2 is 2.29 bits per heavy atom. The zero-order chi connectivity index (χ0) is 12.6. The van der Waals surface area contributed by atoms with Crippen LogP contribution in [-0.2, 0) is 4.79 Å². The second-order valence-corrected chi connectivity index (χ2v) is 4.59. The van der Waals surface area contributed by atoms with E-state index in [9.17, 15) is 9.18 Å². The number of benzene rings is 1. The quantitative estimate of drug-likeness (QED) is 0.881. The minimum absolute atomic E-state index is 0.0284. The molecule has 3 nitrogen and oxygen atoms in total. The van der Waals surface area contributed by atoms with E-state index in [0.717, 1.165) is 0 Å². The van der Waals surface area contributed by atoms with Gasteiger partial charge in [-0.25, -0.2) is 4.39 Å². The molecule has 1 aliphatic rings. The standard InChI is InChI=1S/C12H14ClFN2O/c1-2-16-11(17)6-10(15)12(16)8-4-3-7(13)5-9(8)14/h3-5,10,12H,2,6,15H2,1H3. The number of rotatable bonds is 2. The summed E-state index contributed by atoms with van der Waals surface area (Å²) in [4.78, 5) is 13.3. The summed E-state index contributed by atoms with van der Waals surface area (Å²) in [6.07, 6.45) is 0.264. The van der Waals surface area contributed by atoms with Crippen LogP contribution in [0.5, 0.6) is 0 Å². The molecule has 1 aromatic carbocycles. The predicted molar refractivity (Wildman–Crippen MR) is 64.1 cm³/mol. The molecule has 92 valence electrons. The van der Waals surface area contributed by atoms with E-state index in [4.69, 9.17) is 17.3 Å². The molecule has 1 aliphatic heterocycles. The highest BCUT2D eigenvalue weighted by molar-refractivity contribution is 6.30. The zero-order valence-corrected chi connectivity index (χ0v) is 10.2. The maximum atomic E-state index is 13.8. The van der Waals surface area contributed by atoms with Gasteiger partial charge in [0.25, 0.3) is 0 Å². The lowest BCUT2D eigenvalue weighted by atomic mass is 10.0. The van der Waals surface area contributed by atoms with Gasteiger partial charge in [-0.1, -0.05) is 17.7 Å². The summed E-state index contributed by atoms with van der Waals surface area (Å²) in [5.41, 5.74) is 6.35. The van der Waals surface area contributed by atoms with E-state index in [1.165, 1.54) is 6.07 Å². The van der Waals surface area contributed by atoms with Crippen molar-refractivity contribution in [2.75, 3.05) is 6.54 Å². The number of likely N-dealkylation sites (N-methyl/N-ethyl adjacent to an activating group) is 1. The van der Waals surface area contributed by atoms with Crippen molar-refractivity contribution in [1.82, 2.24) is 4.90 Å². The first-order valence-corrected chi connectivity index (χ1v) is 5.92. The number of halogens is 2. The molecule has 2 N–H and O–H groups in total. The van der Waals surface area contributed by atoms with Crippen LogP contribution in [0.1, 0.15) is 24.9 Å². The minimum atomic E-state index is -0.411. The minimum Gasteiger partial charge on any atom is -0.334 e. The Kier molecular flexibility index (Phi) is 3.35. The van der Waals surface area contributed by atoms with Crippen molar-refractivity contribution in [2.45, 2.75) is 25.4 Å². The largest absolute Gasteiger partial charge is 0.334 e. The summed E-state index contributed by atoms with van der Waals surface area (Å²) in [5.74, 6) is -0.439. The summed E-state index contributed by atoms with van der Waals surface area (Å²) < 4.78 is 13.8. The molecule has 0 aromatic heterocycles. The van der Waals surface area contributed by atoms with Gasteiger partial charge in [0.15, 0.2) is 0 Å². The third kappa shape index (κ3) is 2.15. The van der Waals surface area contributed by atoms with E-state index in [1.54, 1.807) is 17.0 Å². The van der Waals surface area contributed by atoms with Crippen LogP contribution in [0.2, 0.25) is 5.02 Å². The fourth-order valence-corrected chi connectivity index (χ4v) is 2.49. The molecular formula is C12H14ClFN2O. The van der Waals surface area contributed by atoms with Gasteiger partial charge in [-0.05, 0) is 19.1 Å². The molecule has 2 atom stereocenters. The zero-order valence-electron chi connectivity index (χ0n) is 9.49. The Morgan fingerprint density at radius 1 is 1.59 bits per heavy atom. The smallest absolute Gasteiger partial charge is 0.224 e. The molecule has 1 amide bonds. The number of hydrogen-bond acceptors (Lipinski definition) is 2. The van der Waals surface area contributed by atoms with Crippen molar-refractivity contribution in [2.24, 2.45) is 5.73 Å². The van der Waals surface area contributed by atoms with Gasteiger partial charge in [-0.3, -0.25) is 4.79 Å². The van der Waals surface area contributed by atoms with Crippen LogP contribution in [0.3, 0.4) is 0 Å². The van der Waals surface area contributed by atoms with E-state index in [1.807, 2.05) is 6.92 Å². The topological polar surface area (TPSA) is 46.3 Å². The number of amides is 1. The molecule has 0 saturated carbocycles. The Labute approximate surface area is 104 Å². The van der Waals surface area contributed by atoms with E-state index in [2.05, 4.69) is 0 Å². The summed E-state index contributed by atoms with van der Waals surface area (Å²) in [7, 11) is 0. The maximum Gasteiger partial charge on any atom is 0.224 e. The van der Waals surface area contributed by atoms with E-state index in [-0.39, 0.29) is 24.4 Å². The molecule has 0 radical (unpaired) electrons. The number of likely N-dealkylation sites (tertiary alicyclic amines) is 1. The SMILES string of the molecule is CCN1C(=O)CC(N)C1c1ccc(Cl)cc1F. The second-order valence-electron chi connectivity index (χ2n) is 4.16. The Bertz CT molecular complexity index is 452. The average molecular weight is 257 g/mol. The molecule has 0 aliphatic carbocycles. The summed E-state index contributed by atoms with van der Waals surface area (Å²) in [6.45, 7) is 2.38. The molecule has 0 bridgehead atoms. The van der Waals surface area contributed by atoms with Crippen LogP contribution < -0.4 is 5.73 Å². The third-order valence-corrected chi connectivity index (χ3v) is 3.33. The lowest BCUT2D eigenvalue weighted by molar-refractivity contribution is -0.128. The molecule has 1 fully saturated rings. The van der Waals surface area contributed by atoms with Gasteiger partial charge < -0.3 is 10.6 Å². The van der Waals surface area contributed by atoms with Crippen LogP contribution in [0.4, 0.5) is 4.39 Å². The molecule has 1 heterocycles. The van der Waals surface area contributed by atoms with E-state index in [0.29, 0.717) is 17.1 Å². The average Bonchev–Trinajstić information content (AvgIpc) is 2.53. The first-order chi connectivity index (χ1) is 8.04. The van der Waals surface area contributed by atoms with Gasteiger partial charge in [0, 0.05) is 29.6 Å². The van der Waals surface area contributed by atoms with Crippen LogP contribution >= 0.6 is 11.6 Å². The third-order valence-electron chi connectivity index (χ3n) is 3.09. The fraction of sp³-hybridized carbons (Fsp3) is 0.417. The second kappa shape index (κ2) is 4.63. The number of carbonyl (C=O) groups is 1. The van der Waals surface area contributed by atoms with Gasteiger partial charge in [0.05, 0.1) is 6.04 Å². The van der Waals surface area contributed by atoms with Crippen LogP contribution in [0.25, 0.3) is 0 Å². The summed E-state index contributed by atoms with van der Waals surface area (Å²) in [5, 5.41) is 0.340. The van der Waals surface area contributed by atoms with Crippen molar-refractivity contribution < 1.29 is 9.18 Å². The van der Waals surface area contributed by atoms with E-state index >= 15 is 0 Å². The number of nitrogens with zero attached hydrogens (tertiary/aromatic N) is 1. The van der Waals surface area contributed by atoms with Crippen molar-refractivity contribution in [3.05, 3.63) is 34.6 Å². The highest BCUT2D eigenvalue weighted by atomic mass is 35.5. The van der Waals surface area contributed by atoms with Gasteiger partial charge >= 0.3 is 0 Å². The first kappa shape index (κ1) is 12.3. The molecule has 2 unspecified atom stereocenters. The van der Waals surface area contributed by atoms with Crippen molar-refractivity contribution in [3.63, 3.8) is 0 Å². The fourth-order valence-electron chi connectivity index (χ4n) is 2.33. The summed E-state index contributed by atoms with van der Waals surface area (Å²) in [6, 6.07) is 3.72. The number of carbonyl (C=O) groups excluding carboxylic acids is 1. The molecule has 17 heavy (non-hydrogen) atoms. The van der Waals surface area contributed by atoms with Crippen LogP contribution in [0, 0.1) is 5.82 Å². The number of hydrogen-bond donors (Lipinski definition) is 1. The highest BCUT2D eigenvalue weighted by Crippen LogP contribution is 2.33. The van der Waals surface area contributed by atoms with Gasteiger partial charge in [0.2, 0.25) is 5.91 Å². The Hall–Kier alpha value is -1.13. The lowest BCUT2D eigenvalue weighted by Gasteiger charge is -2.26. The van der Waals surface area contributed by atoms with Crippen LogP contribution in [0.15, 0.2) is 18.2 Å². The Morgan fingerprint density at radius 3 is 2.88 bits per heavy atom. The van der Waals surface area contributed by atoms with Crippen molar-refractivity contribution >= 4 is 17.5 Å². The van der Waals surface area contributed by atoms with Gasteiger partial charge in [0.1, 0.15) is 5.82 Å². The van der Waals surface area contributed by atoms with Crippen molar-refractivity contribution in [1.29, 1.82) is 0 Å². The molecule has 1 aromatic rings. The molecule has 5 heteroatoms. The normalized spacial score (nSPS) is 24.5. The molecular weight excluding hydrogens is 243 g/mol. The van der Waals surface area contributed by atoms with Gasteiger partial charge in [-0.2, -0.15) is 0 Å². The monoisotopic (exact) mass is 256 g/mol. The van der Waals surface area contributed by atoms with Crippen LogP contribution in [-0.4, -0.2) is 23.4 Å². The Balaban J connectivity index is 2.41. The molecule has 1 saturated heterocycles. The van der Waals surface area contributed by atoms with Crippen molar-refractivity contribution in [3.8, 4) is 0 Å².